The Labute approximate surface area is 120 Å². The SMILES string of the molecule is COC(OC)C(=O)C=CN(C)C.COC(OC)C(C)=O. The van der Waals surface area contributed by atoms with Gasteiger partial charge in [0.05, 0.1) is 0 Å². The van der Waals surface area contributed by atoms with Crippen molar-refractivity contribution in [3.8, 4) is 0 Å². The second-order valence-corrected chi connectivity index (χ2v) is 3.90. The van der Waals surface area contributed by atoms with Crippen molar-refractivity contribution in [1.82, 2.24) is 4.90 Å². The first kappa shape index (κ1) is 21.0. The van der Waals surface area contributed by atoms with Gasteiger partial charge in [-0.25, -0.2) is 0 Å². The van der Waals surface area contributed by atoms with Crippen molar-refractivity contribution in [3.63, 3.8) is 0 Å². The number of methoxy groups -OCH3 is 4. The summed E-state index contributed by atoms with van der Waals surface area (Å²) in [6, 6.07) is 0. The Balaban J connectivity index is 0. The second-order valence-electron chi connectivity index (χ2n) is 3.90. The summed E-state index contributed by atoms with van der Waals surface area (Å²) in [5, 5.41) is 0. The summed E-state index contributed by atoms with van der Waals surface area (Å²) >= 11 is 0. The molecule has 7 heteroatoms. The number of hydrogen-bond donors (Lipinski definition) is 0. The van der Waals surface area contributed by atoms with Crippen LogP contribution in [-0.2, 0) is 28.5 Å². The van der Waals surface area contributed by atoms with Gasteiger partial charge in [0.1, 0.15) is 0 Å². The number of ether oxygens (including phenoxy) is 4. The fourth-order valence-electron chi connectivity index (χ4n) is 1.06. The van der Waals surface area contributed by atoms with E-state index in [4.69, 9.17) is 9.47 Å². The first-order chi connectivity index (χ1) is 9.33. The van der Waals surface area contributed by atoms with Gasteiger partial charge >= 0.3 is 0 Å². The fourth-order valence-corrected chi connectivity index (χ4v) is 1.06. The molecule has 7 nitrogen and oxygen atoms in total. The lowest BCUT2D eigenvalue weighted by molar-refractivity contribution is -0.154. The monoisotopic (exact) mass is 291 g/mol. The highest BCUT2D eigenvalue weighted by Crippen LogP contribution is 1.94. The van der Waals surface area contributed by atoms with Crippen LogP contribution in [0.25, 0.3) is 0 Å². The van der Waals surface area contributed by atoms with Crippen molar-refractivity contribution >= 4 is 11.6 Å². The summed E-state index contributed by atoms with van der Waals surface area (Å²) < 4.78 is 18.7. The maximum absolute atomic E-state index is 11.1. The van der Waals surface area contributed by atoms with Gasteiger partial charge < -0.3 is 23.8 Å². The molecular formula is C13H25NO6. The van der Waals surface area contributed by atoms with Crippen LogP contribution >= 0.6 is 0 Å². The zero-order chi connectivity index (χ0) is 16.1. The molecule has 118 valence electrons. The van der Waals surface area contributed by atoms with Crippen LogP contribution < -0.4 is 0 Å². The van der Waals surface area contributed by atoms with Crippen molar-refractivity contribution < 1.29 is 28.5 Å². The summed E-state index contributed by atoms with van der Waals surface area (Å²) in [6.45, 7) is 1.41. The number of rotatable bonds is 8. The molecule has 0 saturated carbocycles. The predicted molar refractivity (Wildman–Crippen MR) is 74.1 cm³/mol. The van der Waals surface area contributed by atoms with Gasteiger partial charge in [0.25, 0.3) is 0 Å². The number of Topliss-reactive ketones (excluding diaryl/α,β-unsaturated/α-hetero) is 1. The molecule has 0 aliphatic heterocycles. The molecule has 0 aromatic carbocycles. The fraction of sp³-hybridized carbons (Fsp3) is 0.692. The lowest BCUT2D eigenvalue weighted by Gasteiger charge is -2.09. The van der Waals surface area contributed by atoms with Crippen LogP contribution in [0, 0.1) is 0 Å². The number of ketones is 2. The molecule has 0 spiro atoms. The Morgan fingerprint density at radius 2 is 1.30 bits per heavy atom. The molecule has 0 aliphatic carbocycles. The van der Waals surface area contributed by atoms with E-state index < -0.39 is 12.6 Å². The normalized spacial score (nSPS) is 10.7. The predicted octanol–water partition coefficient (Wildman–Crippen LogP) is 0.444. The largest absolute Gasteiger partial charge is 0.383 e. The maximum Gasteiger partial charge on any atom is 0.221 e. The van der Waals surface area contributed by atoms with Gasteiger partial charge in [-0.2, -0.15) is 0 Å². The first-order valence-corrected chi connectivity index (χ1v) is 5.84. The van der Waals surface area contributed by atoms with E-state index in [2.05, 4.69) is 9.47 Å². The Bertz CT molecular complexity index is 295. The Kier molecular flexibility index (Phi) is 13.4. The minimum atomic E-state index is -0.791. The van der Waals surface area contributed by atoms with Crippen LogP contribution in [0.2, 0.25) is 0 Å². The summed E-state index contributed by atoms with van der Waals surface area (Å²) in [4.78, 5) is 23.3. The Morgan fingerprint density at radius 1 is 0.900 bits per heavy atom. The third-order valence-corrected chi connectivity index (χ3v) is 1.96. The van der Waals surface area contributed by atoms with Crippen LogP contribution in [0.1, 0.15) is 6.92 Å². The third-order valence-electron chi connectivity index (χ3n) is 1.96. The van der Waals surface area contributed by atoms with Gasteiger partial charge in [-0.3, -0.25) is 9.59 Å². The smallest absolute Gasteiger partial charge is 0.221 e. The minimum absolute atomic E-state index is 0.116. The van der Waals surface area contributed by atoms with Crippen molar-refractivity contribution in [1.29, 1.82) is 0 Å². The zero-order valence-corrected chi connectivity index (χ0v) is 13.2. The van der Waals surface area contributed by atoms with Gasteiger partial charge in [0, 0.05) is 54.8 Å². The summed E-state index contributed by atoms with van der Waals surface area (Å²) in [5.74, 6) is -0.316. The van der Waals surface area contributed by atoms with E-state index in [9.17, 15) is 9.59 Å². The molecule has 20 heavy (non-hydrogen) atoms. The van der Waals surface area contributed by atoms with Crippen molar-refractivity contribution in [2.24, 2.45) is 0 Å². The highest BCUT2D eigenvalue weighted by Gasteiger charge is 2.12. The maximum atomic E-state index is 11.1. The Morgan fingerprint density at radius 3 is 1.50 bits per heavy atom. The quantitative estimate of drug-likeness (QED) is 0.474. The highest BCUT2D eigenvalue weighted by atomic mass is 16.7. The van der Waals surface area contributed by atoms with Crippen molar-refractivity contribution in [2.45, 2.75) is 19.5 Å². The van der Waals surface area contributed by atoms with Crippen LogP contribution in [0.4, 0.5) is 0 Å². The van der Waals surface area contributed by atoms with Gasteiger partial charge in [0.15, 0.2) is 5.78 Å². The Hall–Kier alpha value is -1.28. The third kappa shape index (κ3) is 10.6. The summed E-state index contributed by atoms with van der Waals surface area (Å²) in [7, 11) is 9.37. The number of hydrogen-bond acceptors (Lipinski definition) is 7. The van der Waals surface area contributed by atoms with Crippen LogP contribution in [-0.4, -0.2) is 71.6 Å². The first-order valence-electron chi connectivity index (χ1n) is 5.84. The highest BCUT2D eigenvalue weighted by molar-refractivity contribution is 5.92. The van der Waals surface area contributed by atoms with E-state index >= 15 is 0 Å². The zero-order valence-electron chi connectivity index (χ0n) is 13.2. The number of nitrogens with zero attached hydrogens (tertiary/aromatic N) is 1. The molecule has 0 bridgehead atoms. The molecule has 0 N–H and O–H groups in total. The lowest BCUT2D eigenvalue weighted by Crippen LogP contribution is -2.23. The standard InChI is InChI=1S/C8H15NO3.C5H10O3/c1-9(2)6-5-7(10)8(11-3)12-4;1-4(6)5(7-2)8-3/h5-6,8H,1-4H3;5H,1-3H3. The lowest BCUT2D eigenvalue weighted by atomic mass is 10.3. The molecule has 0 rings (SSSR count). The molecule has 0 aliphatic rings. The second kappa shape index (κ2) is 12.7. The molecular weight excluding hydrogens is 266 g/mol. The van der Waals surface area contributed by atoms with Crippen molar-refractivity contribution in [3.05, 3.63) is 12.3 Å². The summed E-state index contributed by atoms with van der Waals surface area (Å²) in [6.07, 6.45) is 1.58. The van der Waals surface area contributed by atoms with Gasteiger partial charge in [-0.05, 0) is 6.92 Å². The van der Waals surface area contributed by atoms with E-state index in [1.54, 1.807) is 11.1 Å². The van der Waals surface area contributed by atoms with Gasteiger partial charge in [0.2, 0.25) is 18.4 Å². The van der Waals surface area contributed by atoms with Crippen LogP contribution in [0.3, 0.4) is 0 Å². The molecule has 0 fully saturated rings. The van der Waals surface area contributed by atoms with E-state index in [0.717, 1.165) is 0 Å². The van der Waals surface area contributed by atoms with Gasteiger partial charge in [-0.1, -0.05) is 0 Å². The van der Waals surface area contributed by atoms with Gasteiger partial charge in [-0.15, -0.1) is 0 Å². The average molecular weight is 291 g/mol. The topological polar surface area (TPSA) is 74.3 Å². The minimum Gasteiger partial charge on any atom is -0.383 e. The van der Waals surface area contributed by atoms with Crippen molar-refractivity contribution in [2.75, 3.05) is 42.5 Å². The molecule has 0 radical (unpaired) electrons. The molecule has 0 atom stereocenters. The van der Waals surface area contributed by atoms with E-state index in [0.29, 0.717) is 0 Å². The van der Waals surface area contributed by atoms with Crippen LogP contribution in [0.15, 0.2) is 12.3 Å². The molecule has 0 aromatic rings. The molecule has 0 unspecified atom stereocenters. The molecule has 0 saturated heterocycles. The van der Waals surface area contributed by atoms with E-state index in [1.165, 1.54) is 41.4 Å². The number of carbonyl (C=O) groups is 2. The average Bonchev–Trinajstić information content (AvgIpc) is 2.39. The molecule has 0 amide bonds. The molecule has 0 heterocycles. The molecule has 0 aromatic heterocycles. The summed E-state index contributed by atoms with van der Waals surface area (Å²) in [5.41, 5.74) is 0. The number of carbonyl (C=O) groups excluding carboxylic acids is 2. The van der Waals surface area contributed by atoms with Crippen LogP contribution in [0.5, 0.6) is 0 Å². The van der Waals surface area contributed by atoms with E-state index in [1.807, 2.05) is 14.1 Å². The van der Waals surface area contributed by atoms with E-state index in [-0.39, 0.29) is 11.6 Å².